The van der Waals surface area contributed by atoms with E-state index in [4.69, 9.17) is 10.5 Å². The quantitative estimate of drug-likeness (QED) is 0.458. The van der Waals surface area contributed by atoms with Crippen molar-refractivity contribution in [1.29, 1.82) is 0 Å². The molecule has 2 unspecified atom stereocenters. The van der Waals surface area contributed by atoms with Crippen LogP contribution >= 0.6 is 0 Å². The number of ether oxygens (including phenoxy) is 1. The van der Waals surface area contributed by atoms with E-state index >= 15 is 0 Å². The monoisotopic (exact) mass is 186 g/mol. The highest BCUT2D eigenvalue weighted by Crippen LogP contribution is 2.13. The van der Waals surface area contributed by atoms with Gasteiger partial charge in [-0.05, 0) is 13.8 Å². The summed E-state index contributed by atoms with van der Waals surface area (Å²) in [5.74, 6) is -0.552. The van der Waals surface area contributed by atoms with Gasteiger partial charge in [-0.1, -0.05) is 0 Å². The highest BCUT2D eigenvalue weighted by Gasteiger charge is 2.39. The summed E-state index contributed by atoms with van der Waals surface area (Å²) in [5, 5.41) is 0. The van der Waals surface area contributed by atoms with E-state index in [1.807, 2.05) is 0 Å². The van der Waals surface area contributed by atoms with Crippen LogP contribution in [0, 0.1) is 0 Å². The number of likely N-dealkylation sites (tertiary alicyclic amines) is 1. The topological polar surface area (TPSA) is 72.6 Å². The van der Waals surface area contributed by atoms with Crippen LogP contribution in [0.2, 0.25) is 0 Å². The number of amides is 1. The largest absolute Gasteiger partial charge is 0.464 e. The molecule has 0 saturated carbocycles. The zero-order chi connectivity index (χ0) is 10.0. The van der Waals surface area contributed by atoms with Crippen molar-refractivity contribution in [2.75, 3.05) is 13.2 Å². The first-order chi connectivity index (χ1) is 6.07. The van der Waals surface area contributed by atoms with Crippen molar-refractivity contribution in [2.45, 2.75) is 25.9 Å². The predicted molar refractivity (Wildman–Crippen MR) is 45.8 cm³/mol. The molecule has 0 aliphatic carbocycles. The van der Waals surface area contributed by atoms with Gasteiger partial charge in [-0.15, -0.1) is 0 Å². The lowest BCUT2D eigenvalue weighted by atomic mass is 10.1. The van der Waals surface area contributed by atoms with Crippen molar-refractivity contribution in [3.63, 3.8) is 0 Å². The molecule has 0 spiro atoms. The Hall–Kier alpha value is -1.10. The molecule has 1 rings (SSSR count). The van der Waals surface area contributed by atoms with E-state index in [1.165, 1.54) is 4.90 Å². The van der Waals surface area contributed by atoms with Crippen LogP contribution in [0.25, 0.3) is 0 Å². The van der Waals surface area contributed by atoms with Gasteiger partial charge < -0.3 is 15.4 Å². The standard InChI is InChI=1S/C8H14N2O3/c1-3-13-8(12)5(2)10-4-6(9)7(10)11/h5-6H,3-4,9H2,1-2H3. The Morgan fingerprint density at radius 3 is 2.85 bits per heavy atom. The minimum absolute atomic E-state index is 0.180. The van der Waals surface area contributed by atoms with Crippen LogP contribution < -0.4 is 5.73 Å². The Labute approximate surface area is 76.8 Å². The maximum absolute atomic E-state index is 11.2. The average Bonchev–Trinajstić information content (AvgIpc) is 2.12. The molecule has 0 aromatic heterocycles. The number of carbonyl (C=O) groups is 2. The molecule has 2 atom stereocenters. The van der Waals surface area contributed by atoms with Gasteiger partial charge in [-0.2, -0.15) is 0 Å². The molecule has 0 bridgehead atoms. The molecule has 0 radical (unpaired) electrons. The van der Waals surface area contributed by atoms with Crippen LogP contribution in [0.1, 0.15) is 13.8 Å². The summed E-state index contributed by atoms with van der Waals surface area (Å²) in [5.41, 5.74) is 5.38. The lowest BCUT2D eigenvalue weighted by Gasteiger charge is -2.39. The van der Waals surface area contributed by atoms with Gasteiger partial charge in [-0.25, -0.2) is 4.79 Å². The van der Waals surface area contributed by atoms with Crippen molar-refractivity contribution in [3.05, 3.63) is 0 Å². The smallest absolute Gasteiger partial charge is 0.328 e. The molecular formula is C8H14N2O3. The summed E-state index contributed by atoms with van der Waals surface area (Å²) in [6, 6.07) is -0.941. The fourth-order valence-electron chi connectivity index (χ4n) is 1.22. The van der Waals surface area contributed by atoms with E-state index < -0.39 is 12.1 Å². The first kappa shape index (κ1) is 9.98. The van der Waals surface area contributed by atoms with E-state index in [0.717, 1.165) is 0 Å². The summed E-state index contributed by atoms with van der Waals surface area (Å²) in [4.78, 5) is 23.7. The molecule has 5 heteroatoms. The number of hydrogen-bond acceptors (Lipinski definition) is 4. The Bertz CT molecular complexity index is 229. The van der Waals surface area contributed by atoms with Gasteiger partial charge in [0.15, 0.2) is 0 Å². The van der Waals surface area contributed by atoms with Gasteiger partial charge in [0.05, 0.1) is 6.61 Å². The van der Waals surface area contributed by atoms with E-state index in [9.17, 15) is 9.59 Å². The number of rotatable bonds is 3. The predicted octanol–water partition coefficient (Wildman–Crippen LogP) is -0.892. The number of carbonyl (C=O) groups excluding carboxylic acids is 2. The third kappa shape index (κ3) is 1.80. The van der Waals surface area contributed by atoms with Crippen LogP contribution in [0.3, 0.4) is 0 Å². The fraction of sp³-hybridized carbons (Fsp3) is 0.750. The number of hydrogen-bond donors (Lipinski definition) is 1. The molecule has 1 amide bonds. The zero-order valence-corrected chi connectivity index (χ0v) is 7.82. The molecule has 1 fully saturated rings. The van der Waals surface area contributed by atoms with Crippen LogP contribution in [-0.2, 0) is 14.3 Å². The Kier molecular flexibility index (Phi) is 2.87. The van der Waals surface area contributed by atoms with Crippen molar-refractivity contribution in [1.82, 2.24) is 4.90 Å². The molecule has 1 aliphatic heterocycles. The van der Waals surface area contributed by atoms with E-state index in [1.54, 1.807) is 13.8 Å². The Morgan fingerprint density at radius 1 is 1.85 bits per heavy atom. The van der Waals surface area contributed by atoms with Crippen LogP contribution in [-0.4, -0.2) is 42.0 Å². The van der Waals surface area contributed by atoms with Gasteiger partial charge >= 0.3 is 5.97 Å². The number of esters is 1. The van der Waals surface area contributed by atoms with Gasteiger partial charge in [0, 0.05) is 6.54 Å². The summed E-state index contributed by atoms with van der Waals surface area (Å²) >= 11 is 0. The molecule has 13 heavy (non-hydrogen) atoms. The van der Waals surface area contributed by atoms with Crippen LogP contribution in [0.4, 0.5) is 0 Å². The van der Waals surface area contributed by atoms with E-state index in [0.29, 0.717) is 13.2 Å². The molecule has 1 saturated heterocycles. The third-order valence-corrected chi connectivity index (χ3v) is 2.09. The molecule has 2 N–H and O–H groups in total. The lowest BCUT2D eigenvalue weighted by molar-refractivity contribution is -0.160. The molecular weight excluding hydrogens is 172 g/mol. The van der Waals surface area contributed by atoms with Gasteiger partial charge in [0.2, 0.25) is 5.91 Å². The first-order valence-corrected chi connectivity index (χ1v) is 4.30. The molecule has 0 aromatic rings. The van der Waals surface area contributed by atoms with Gasteiger partial charge in [0.25, 0.3) is 0 Å². The molecule has 1 heterocycles. The maximum Gasteiger partial charge on any atom is 0.328 e. The second-order valence-corrected chi connectivity index (χ2v) is 3.03. The Morgan fingerprint density at radius 2 is 2.46 bits per heavy atom. The van der Waals surface area contributed by atoms with Crippen molar-refractivity contribution in [3.8, 4) is 0 Å². The third-order valence-electron chi connectivity index (χ3n) is 2.09. The molecule has 74 valence electrons. The second kappa shape index (κ2) is 3.74. The first-order valence-electron chi connectivity index (χ1n) is 4.30. The number of β-lactam (4-membered cyclic amide) rings is 1. The highest BCUT2D eigenvalue weighted by molar-refractivity contribution is 5.92. The van der Waals surface area contributed by atoms with Crippen LogP contribution in [0.15, 0.2) is 0 Å². The zero-order valence-electron chi connectivity index (χ0n) is 7.82. The minimum Gasteiger partial charge on any atom is -0.464 e. The van der Waals surface area contributed by atoms with Gasteiger partial charge in [-0.3, -0.25) is 4.79 Å². The SMILES string of the molecule is CCOC(=O)C(C)N1CC(N)C1=O. The molecule has 1 aliphatic rings. The highest BCUT2D eigenvalue weighted by atomic mass is 16.5. The van der Waals surface area contributed by atoms with Gasteiger partial charge in [0.1, 0.15) is 12.1 Å². The summed E-state index contributed by atoms with van der Waals surface area (Å²) in [6.45, 7) is 4.14. The van der Waals surface area contributed by atoms with Crippen molar-refractivity contribution < 1.29 is 14.3 Å². The number of nitrogens with zero attached hydrogens (tertiary/aromatic N) is 1. The maximum atomic E-state index is 11.2. The van der Waals surface area contributed by atoms with E-state index in [2.05, 4.69) is 0 Å². The average molecular weight is 186 g/mol. The molecule has 0 aromatic carbocycles. The summed E-state index contributed by atoms with van der Waals surface area (Å²) in [7, 11) is 0. The summed E-state index contributed by atoms with van der Waals surface area (Å²) < 4.78 is 4.77. The minimum atomic E-state index is -0.507. The van der Waals surface area contributed by atoms with Crippen molar-refractivity contribution in [2.24, 2.45) is 5.73 Å². The fourth-order valence-corrected chi connectivity index (χ4v) is 1.22. The van der Waals surface area contributed by atoms with Crippen molar-refractivity contribution >= 4 is 11.9 Å². The van der Waals surface area contributed by atoms with E-state index in [-0.39, 0.29) is 11.9 Å². The lowest BCUT2D eigenvalue weighted by Crippen LogP contribution is -2.65. The summed E-state index contributed by atoms with van der Waals surface area (Å²) in [6.07, 6.45) is 0. The normalized spacial score (nSPS) is 23.8. The molecule has 5 nitrogen and oxygen atoms in total. The Balaban J connectivity index is 2.45. The van der Waals surface area contributed by atoms with Crippen LogP contribution in [0.5, 0.6) is 0 Å². The second-order valence-electron chi connectivity index (χ2n) is 3.03. The number of nitrogens with two attached hydrogens (primary N) is 1.